The highest BCUT2D eigenvalue weighted by Crippen LogP contribution is 2.32. The molecule has 158 valence electrons. The molecule has 1 aromatic heterocycles. The van der Waals surface area contributed by atoms with E-state index in [1.165, 1.54) is 12.1 Å². The molecule has 0 fully saturated rings. The molecule has 0 saturated carbocycles. The Kier molecular flexibility index (Phi) is 5.94. The van der Waals surface area contributed by atoms with Gasteiger partial charge in [0.05, 0.1) is 22.9 Å². The molecule has 1 N–H and O–H groups in total. The third kappa shape index (κ3) is 3.99. The Morgan fingerprint density at radius 3 is 2.84 bits per heavy atom. The van der Waals surface area contributed by atoms with Gasteiger partial charge in [0, 0.05) is 11.6 Å². The number of aliphatic imine (C=N–C) groups is 1. The normalized spacial score (nSPS) is 12.5. The Morgan fingerprint density at radius 1 is 1.23 bits per heavy atom. The third-order valence-corrected chi connectivity index (χ3v) is 5.04. The number of aromatic nitrogens is 3. The lowest BCUT2D eigenvalue weighted by Gasteiger charge is -2.14. The van der Waals surface area contributed by atoms with E-state index in [1.54, 1.807) is 34.9 Å². The molecule has 2 heterocycles. The number of nitrogens with zero attached hydrogens (tertiary/aromatic N) is 5. The second-order valence-electron chi connectivity index (χ2n) is 7.05. The third-order valence-electron chi connectivity index (χ3n) is 5.04. The molecule has 0 radical (unpaired) electrons. The zero-order chi connectivity index (χ0) is 21.8. The van der Waals surface area contributed by atoms with Crippen molar-refractivity contribution in [2.75, 3.05) is 6.54 Å². The van der Waals surface area contributed by atoms with Crippen molar-refractivity contribution in [1.82, 2.24) is 20.1 Å². The standard InChI is InChI=1S/C22H21FN6O2/c1-2-3-6-12-24-13-19-26-27-20-14-25-22(15-8-4-5-9-16(15)23)21-17(28(19)20)10-7-11-18(21)29(30)31/h2,4-5,7-11,24H,1,3,6,12-14H2. The summed E-state index contributed by atoms with van der Waals surface area (Å²) >= 11 is 0. The molecule has 0 bridgehead atoms. The first-order valence-electron chi connectivity index (χ1n) is 9.94. The highest BCUT2D eigenvalue weighted by molar-refractivity contribution is 6.17. The Balaban J connectivity index is 1.83. The van der Waals surface area contributed by atoms with Crippen molar-refractivity contribution < 1.29 is 9.31 Å². The fraction of sp³-hybridized carbons (Fsp3) is 0.227. The van der Waals surface area contributed by atoms with Crippen LogP contribution in [0.25, 0.3) is 5.69 Å². The summed E-state index contributed by atoms with van der Waals surface area (Å²) in [5.41, 5.74) is 1.06. The quantitative estimate of drug-likeness (QED) is 0.259. The minimum absolute atomic E-state index is 0.124. The number of unbranched alkanes of at least 4 members (excludes halogenated alkanes) is 1. The molecule has 9 heteroatoms. The van der Waals surface area contributed by atoms with Gasteiger partial charge in [-0.05, 0) is 37.6 Å². The fourth-order valence-corrected chi connectivity index (χ4v) is 3.63. The maximum Gasteiger partial charge on any atom is 0.280 e. The predicted octanol–water partition coefficient (Wildman–Crippen LogP) is 3.72. The van der Waals surface area contributed by atoms with Crippen molar-refractivity contribution in [2.24, 2.45) is 4.99 Å². The van der Waals surface area contributed by atoms with Crippen molar-refractivity contribution in [1.29, 1.82) is 0 Å². The van der Waals surface area contributed by atoms with E-state index in [0.717, 1.165) is 19.4 Å². The number of hydrogen-bond acceptors (Lipinski definition) is 6. The highest BCUT2D eigenvalue weighted by atomic mass is 19.1. The molecule has 31 heavy (non-hydrogen) atoms. The Labute approximate surface area is 178 Å². The van der Waals surface area contributed by atoms with Gasteiger partial charge < -0.3 is 5.32 Å². The minimum atomic E-state index is -0.493. The van der Waals surface area contributed by atoms with Gasteiger partial charge in [-0.25, -0.2) is 4.39 Å². The summed E-state index contributed by atoms with van der Waals surface area (Å²) in [6, 6.07) is 10.9. The molecule has 0 atom stereocenters. The molecular weight excluding hydrogens is 399 g/mol. The number of benzene rings is 2. The van der Waals surface area contributed by atoms with E-state index in [9.17, 15) is 14.5 Å². The van der Waals surface area contributed by atoms with Crippen LogP contribution >= 0.6 is 0 Å². The second kappa shape index (κ2) is 8.97. The molecule has 0 amide bonds. The van der Waals surface area contributed by atoms with Gasteiger partial charge in [0.1, 0.15) is 17.9 Å². The maximum atomic E-state index is 14.6. The maximum absolute atomic E-state index is 14.6. The first-order valence-corrected chi connectivity index (χ1v) is 9.94. The van der Waals surface area contributed by atoms with Crippen LogP contribution in [0.1, 0.15) is 35.6 Å². The van der Waals surface area contributed by atoms with Gasteiger partial charge in [-0.15, -0.1) is 16.8 Å². The summed E-state index contributed by atoms with van der Waals surface area (Å²) in [7, 11) is 0. The molecule has 0 aliphatic carbocycles. The van der Waals surface area contributed by atoms with Crippen LogP contribution < -0.4 is 5.32 Å². The van der Waals surface area contributed by atoms with Crippen molar-refractivity contribution in [3.05, 3.63) is 93.8 Å². The summed E-state index contributed by atoms with van der Waals surface area (Å²) in [6.45, 7) is 5.04. The lowest BCUT2D eigenvalue weighted by Crippen LogP contribution is -2.19. The molecule has 1 aliphatic heterocycles. The van der Waals surface area contributed by atoms with Crippen LogP contribution in [0.3, 0.4) is 0 Å². The fourth-order valence-electron chi connectivity index (χ4n) is 3.63. The molecule has 0 unspecified atom stereocenters. The number of halogens is 1. The first-order chi connectivity index (χ1) is 15.1. The average molecular weight is 420 g/mol. The summed E-state index contributed by atoms with van der Waals surface area (Å²) in [4.78, 5) is 15.9. The number of allylic oxidation sites excluding steroid dienone is 1. The highest BCUT2D eigenvalue weighted by Gasteiger charge is 2.30. The van der Waals surface area contributed by atoms with Gasteiger partial charge in [0.25, 0.3) is 5.69 Å². The number of fused-ring (bicyclic) bond motifs is 3. The number of nitro benzene ring substituents is 1. The van der Waals surface area contributed by atoms with Gasteiger partial charge >= 0.3 is 0 Å². The van der Waals surface area contributed by atoms with E-state index in [2.05, 4.69) is 27.1 Å². The largest absolute Gasteiger partial charge is 0.310 e. The molecule has 1 aliphatic rings. The lowest BCUT2D eigenvalue weighted by molar-refractivity contribution is -0.385. The van der Waals surface area contributed by atoms with Crippen LogP contribution in [0, 0.1) is 15.9 Å². The molecule has 0 spiro atoms. The first kappa shape index (κ1) is 20.5. The monoisotopic (exact) mass is 420 g/mol. The van der Waals surface area contributed by atoms with E-state index in [-0.39, 0.29) is 29.1 Å². The smallest absolute Gasteiger partial charge is 0.280 e. The molecule has 2 aromatic carbocycles. The van der Waals surface area contributed by atoms with Crippen LogP contribution in [0.4, 0.5) is 10.1 Å². The second-order valence-corrected chi connectivity index (χ2v) is 7.05. The van der Waals surface area contributed by atoms with Crippen molar-refractivity contribution in [3.8, 4) is 5.69 Å². The zero-order valence-electron chi connectivity index (χ0n) is 16.8. The van der Waals surface area contributed by atoms with Gasteiger partial charge in [-0.2, -0.15) is 0 Å². The predicted molar refractivity (Wildman–Crippen MR) is 115 cm³/mol. The van der Waals surface area contributed by atoms with E-state index in [4.69, 9.17) is 0 Å². The Hall–Kier alpha value is -3.72. The van der Waals surface area contributed by atoms with E-state index < -0.39 is 10.7 Å². The zero-order valence-corrected chi connectivity index (χ0v) is 16.8. The average Bonchev–Trinajstić information content (AvgIpc) is 3.09. The van der Waals surface area contributed by atoms with Crippen LogP contribution in [0.5, 0.6) is 0 Å². The Morgan fingerprint density at radius 2 is 2.06 bits per heavy atom. The van der Waals surface area contributed by atoms with Crippen LogP contribution in [0.2, 0.25) is 0 Å². The number of rotatable bonds is 8. The van der Waals surface area contributed by atoms with Gasteiger partial charge in [-0.3, -0.25) is 19.7 Å². The Bertz CT molecular complexity index is 1170. The summed E-state index contributed by atoms with van der Waals surface area (Å²) < 4.78 is 16.4. The minimum Gasteiger partial charge on any atom is -0.310 e. The van der Waals surface area contributed by atoms with Crippen molar-refractivity contribution in [2.45, 2.75) is 25.9 Å². The van der Waals surface area contributed by atoms with E-state index in [0.29, 0.717) is 23.9 Å². The number of nitrogens with one attached hydrogen (secondary N) is 1. The molecule has 8 nitrogen and oxygen atoms in total. The molecule has 4 rings (SSSR count). The summed E-state index contributed by atoms with van der Waals surface area (Å²) in [5.74, 6) is 0.656. The summed E-state index contributed by atoms with van der Waals surface area (Å²) in [6.07, 6.45) is 3.70. The number of hydrogen-bond donors (Lipinski definition) is 1. The van der Waals surface area contributed by atoms with Crippen LogP contribution in [-0.2, 0) is 13.1 Å². The van der Waals surface area contributed by atoms with Gasteiger partial charge in [-0.1, -0.05) is 24.3 Å². The molecular formula is C22H21FN6O2. The van der Waals surface area contributed by atoms with Crippen LogP contribution in [-0.4, -0.2) is 31.9 Å². The topological polar surface area (TPSA) is 98.2 Å². The van der Waals surface area contributed by atoms with Gasteiger partial charge in [0.2, 0.25) is 0 Å². The van der Waals surface area contributed by atoms with Crippen molar-refractivity contribution >= 4 is 11.4 Å². The lowest BCUT2D eigenvalue weighted by atomic mass is 9.98. The molecule has 3 aromatic rings. The SMILES string of the molecule is C=CCCCNCc1nnc2n1-c1cccc([N+](=O)[O-])c1C(c1ccccc1F)=NC2. The van der Waals surface area contributed by atoms with Crippen LogP contribution in [0.15, 0.2) is 60.1 Å². The molecule has 0 saturated heterocycles. The van der Waals surface area contributed by atoms with Crippen molar-refractivity contribution in [3.63, 3.8) is 0 Å². The van der Waals surface area contributed by atoms with E-state index >= 15 is 0 Å². The summed E-state index contributed by atoms with van der Waals surface area (Å²) in [5, 5.41) is 23.7. The number of nitro groups is 1. The van der Waals surface area contributed by atoms with Gasteiger partial charge in [0.15, 0.2) is 11.6 Å². The van der Waals surface area contributed by atoms with E-state index in [1.807, 2.05) is 6.08 Å².